The van der Waals surface area contributed by atoms with Gasteiger partial charge in [-0.2, -0.15) is 0 Å². The molecule has 0 spiro atoms. The average molecular weight is 273 g/mol. The van der Waals surface area contributed by atoms with Crippen molar-refractivity contribution in [3.8, 4) is 0 Å². The Labute approximate surface area is 119 Å². The molecule has 1 heterocycles. The van der Waals surface area contributed by atoms with Crippen LogP contribution in [0.1, 0.15) is 35.7 Å². The van der Waals surface area contributed by atoms with Crippen molar-refractivity contribution < 1.29 is 14.3 Å². The van der Waals surface area contributed by atoms with Gasteiger partial charge in [0.1, 0.15) is 6.10 Å². The minimum absolute atomic E-state index is 0.202. The van der Waals surface area contributed by atoms with E-state index < -0.39 is 0 Å². The number of nitrogens with zero attached hydrogens (tertiary/aromatic N) is 1. The zero-order valence-electron chi connectivity index (χ0n) is 11.7. The maximum Gasteiger partial charge on any atom is 0.338 e. The third-order valence-corrected chi connectivity index (χ3v) is 3.36. The Hall–Kier alpha value is -2.10. The highest BCUT2D eigenvalue weighted by molar-refractivity contribution is 5.89. The van der Waals surface area contributed by atoms with Crippen LogP contribution in [0, 0.1) is 0 Å². The van der Waals surface area contributed by atoms with E-state index in [2.05, 4.69) is 6.58 Å². The van der Waals surface area contributed by atoms with Gasteiger partial charge in [0.2, 0.25) is 5.91 Å². The van der Waals surface area contributed by atoms with Crippen LogP contribution in [-0.4, -0.2) is 29.4 Å². The van der Waals surface area contributed by atoms with E-state index >= 15 is 0 Å². The lowest BCUT2D eigenvalue weighted by molar-refractivity contribution is -0.128. The number of esters is 1. The molecular weight excluding hydrogens is 254 g/mol. The van der Waals surface area contributed by atoms with Crippen molar-refractivity contribution in [3.05, 3.63) is 48.0 Å². The normalized spacial score (nSPS) is 16.1. The third-order valence-electron chi connectivity index (χ3n) is 3.36. The Morgan fingerprint density at radius 1 is 1.45 bits per heavy atom. The zero-order valence-corrected chi connectivity index (χ0v) is 11.7. The van der Waals surface area contributed by atoms with E-state index in [1.54, 1.807) is 25.1 Å². The van der Waals surface area contributed by atoms with Gasteiger partial charge in [0.05, 0.1) is 5.56 Å². The lowest BCUT2D eigenvalue weighted by Gasteiger charge is -2.15. The van der Waals surface area contributed by atoms with Gasteiger partial charge in [0, 0.05) is 19.5 Å². The maximum absolute atomic E-state index is 11.8. The van der Waals surface area contributed by atoms with E-state index in [1.165, 1.54) is 0 Å². The fourth-order valence-corrected chi connectivity index (χ4v) is 2.12. The Kier molecular flexibility index (Phi) is 4.56. The van der Waals surface area contributed by atoms with Crippen molar-refractivity contribution in [2.45, 2.75) is 32.4 Å². The summed E-state index contributed by atoms with van der Waals surface area (Å²) in [7, 11) is 0. The summed E-state index contributed by atoms with van der Waals surface area (Å²) in [6, 6.07) is 7.18. The molecule has 0 N–H and O–H groups in total. The van der Waals surface area contributed by atoms with Crippen molar-refractivity contribution in [1.82, 2.24) is 4.90 Å². The number of hydrogen-bond acceptors (Lipinski definition) is 3. The number of carbonyl (C=O) groups excluding carboxylic acids is 2. The summed E-state index contributed by atoms with van der Waals surface area (Å²) in [6.45, 7) is 6.76. The Balaban J connectivity index is 1.97. The smallest absolute Gasteiger partial charge is 0.338 e. The summed E-state index contributed by atoms with van der Waals surface area (Å²) in [6.07, 6.45) is 2.85. The molecule has 1 fully saturated rings. The number of likely N-dealkylation sites (tertiary alicyclic amines) is 1. The van der Waals surface area contributed by atoms with Crippen LogP contribution in [0.5, 0.6) is 0 Å². The highest BCUT2D eigenvalue weighted by atomic mass is 16.5. The number of rotatable bonds is 5. The molecule has 0 radical (unpaired) electrons. The van der Waals surface area contributed by atoms with Gasteiger partial charge in [0.15, 0.2) is 0 Å². The van der Waals surface area contributed by atoms with Crippen LogP contribution in [0.4, 0.5) is 0 Å². The van der Waals surface area contributed by atoms with Crippen LogP contribution >= 0.6 is 0 Å². The number of hydrogen-bond donors (Lipinski definition) is 0. The van der Waals surface area contributed by atoms with Crippen LogP contribution in [0.3, 0.4) is 0 Å². The first-order valence-corrected chi connectivity index (χ1v) is 6.80. The number of amides is 1. The SMILES string of the molecule is C=C[C@H](C)OC(=O)c1ccc(CN2CCCC2=O)cc1. The highest BCUT2D eigenvalue weighted by Crippen LogP contribution is 2.15. The quantitative estimate of drug-likeness (QED) is 0.612. The van der Waals surface area contributed by atoms with Gasteiger partial charge >= 0.3 is 5.97 Å². The molecule has 0 bridgehead atoms. The fraction of sp³-hybridized carbons (Fsp3) is 0.375. The molecule has 1 aliphatic rings. The molecule has 0 aliphatic carbocycles. The fourth-order valence-electron chi connectivity index (χ4n) is 2.12. The second-order valence-electron chi connectivity index (χ2n) is 4.96. The summed E-state index contributed by atoms with van der Waals surface area (Å²) in [4.78, 5) is 25.2. The van der Waals surface area contributed by atoms with Crippen molar-refractivity contribution in [3.63, 3.8) is 0 Å². The Morgan fingerprint density at radius 2 is 2.15 bits per heavy atom. The van der Waals surface area contributed by atoms with Crippen molar-refractivity contribution in [2.75, 3.05) is 6.54 Å². The molecule has 1 amide bonds. The van der Waals surface area contributed by atoms with Crippen molar-refractivity contribution in [1.29, 1.82) is 0 Å². The molecule has 4 heteroatoms. The van der Waals surface area contributed by atoms with E-state index in [-0.39, 0.29) is 18.0 Å². The molecule has 4 nitrogen and oxygen atoms in total. The van der Waals surface area contributed by atoms with Gasteiger partial charge in [-0.3, -0.25) is 4.79 Å². The standard InChI is InChI=1S/C16H19NO3/c1-3-12(2)20-16(19)14-8-6-13(7-9-14)11-17-10-4-5-15(17)18/h3,6-9,12H,1,4-5,10-11H2,2H3/t12-/m0/s1. The summed E-state index contributed by atoms with van der Waals surface area (Å²) in [5.74, 6) is -0.158. The molecule has 1 atom stereocenters. The van der Waals surface area contributed by atoms with Crippen LogP contribution < -0.4 is 0 Å². The van der Waals surface area contributed by atoms with Crippen LogP contribution in [0.25, 0.3) is 0 Å². The minimum Gasteiger partial charge on any atom is -0.455 e. The van der Waals surface area contributed by atoms with Gasteiger partial charge < -0.3 is 9.64 Å². The number of carbonyl (C=O) groups is 2. The molecule has 2 rings (SSSR count). The van der Waals surface area contributed by atoms with E-state index in [0.717, 1.165) is 18.5 Å². The summed E-state index contributed by atoms with van der Waals surface area (Å²) in [5.41, 5.74) is 1.53. The predicted octanol–water partition coefficient (Wildman–Crippen LogP) is 2.54. The Bertz CT molecular complexity index is 507. The lowest BCUT2D eigenvalue weighted by atomic mass is 10.1. The number of ether oxygens (including phenoxy) is 1. The third kappa shape index (κ3) is 3.47. The summed E-state index contributed by atoms with van der Waals surface area (Å²) in [5, 5.41) is 0. The predicted molar refractivity (Wildman–Crippen MR) is 76.2 cm³/mol. The molecule has 1 aromatic carbocycles. The summed E-state index contributed by atoms with van der Waals surface area (Å²) < 4.78 is 5.15. The van der Waals surface area contributed by atoms with E-state index in [4.69, 9.17) is 4.74 Å². The monoisotopic (exact) mass is 273 g/mol. The molecule has 106 valence electrons. The molecule has 0 saturated carbocycles. The largest absolute Gasteiger partial charge is 0.455 e. The highest BCUT2D eigenvalue weighted by Gasteiger charge is 2.20. The van der Waals surface area contributed by atoms with Gasteiger partial charge in [-0.05, 0) is 31.0 Å². The van der Waals surface area contributed by atoms with Gasteiger partial charge in [-0.25, -0.2) is 4.79 Å². The molecule has 20 heavy (non-hydrogen) atoms. The molecule has 0 aromatic heterocycles. The minimum atomic E-state index is -0.360. The van der Waals surface area contributed by atoms with Gasteiger partial charge in [-0.15, -0.1) is 0 Å². The van der Waals surface area contributed by atoms with Crippen LogP contribution in [0.2, 0.25) is 0 Å². The molecule has 1 saturated heterocycles. The average Bonchev–Trinajstić information content (AvgIpc) is 2.85. The van der Waals surface area contributed by atoms with E-state index in [0.29, 0.717) is 18.5 Å². The Morgan fingerprint density at radius 3 is 2.70 bits per heavy atom. The first kappa shape index (κ1) is 14.3. The molecular formula is C16H19NO3. The first-order chi connectivity index (χ1) is 9.60. The van der Waals surface area contributed by atoms with E-state index in [1.807, 2.05) is 17.0 Å². The number of benzene rings is 1. The molecule has 1 aromatic rings. The van der Waals surface area contributed by atoms with Gasteiger partial charge in [-0.1, -0.05) is 24.8 Å². The van der Waals surface area contributed by atoms with Crippen molar-refractivity contribution >= 4 is 11.9 Å². The van der Waals surface area contributed by atoms with Crippen LogP contribution in [-0.2, 0) is 16.1 Å². The first-order valence-electron chi connectivity index (χ1n) is 6.80. The maximum atomic E-state index is 11.8. The van der Waals surface area contributed by atoms with Gasteiger partial charge in [0.25, 0.3) is 0 Å². The van der Waals surface area contributed by atoms with Crippen LogP contribution in [0.15, 0.2) is 36.9 Å². The molecule has 1 aliphatic heterocycles. The van der Waals surface area contributed by atoms with Crippen molar-refractivity contribution in [2.24, 2.45) is 0 Å². The zero-order chi connectivity index (χ0) is 14.5. The topological polar surface area (TPSA) is 46.6 Å². The molecule has 0 unspecified atom stereocenters. The second kappa shape index (κ2) is 6.37. The van der Waals surface area contributed by atoms with E-state index in [9.17, 15) is 9.59 Å². The summed E-state index contributed by atoms with van der Waals surface area (Å²) >= 11 is 0. The second-order valence-corrected chi connectivity index (χ2v) is 4.96. The lowest BCUT2D eigenvalue weighted by Crippen LogP contribution is -2.23.